The molecule has 0 amide bonds. The molecule has 2 aliphatic heterocycles. The molecule has 0 bridgehead atoms. The van der Waals surface area contributed by atoms with Crippen LogP contribution in [0.2, 0.25) is 0 Å². The highest BCUT2D eigenvalue weighted by molar-refractivity contribution is 7.87. The Kier molecular flexibility index (Phi) is 10.7. The van der Waals surface area contributed by atoms with Crippen molar-refractivity contribution < 1.29 is 17.9 Å². The first-order valence-corrected chi connectivity index (χ1v) is 19.1. The van der Waals surface area contributed by atoms with E-state index in [0.717, 1.165) is 85.1 Å². The fourth-order valence-corrected chi connectivity index (χ4v) is 9.97. The van der Waals surface area contributed by atoms with E-state index in [0.29, 0.717) is 0 Å². The molecule has 2 fully saturated rings. The van der Waals surface area contributed by atoms with Crippen LogP contribution in [0.15, 0.2) is 119 Å². The van der Waals surface area contributed by atoms with Gasteiger partial charge in [-0.2, -0.15) is 0 Å². The number of benzene rings is 4. The van der Waals surface area contributed by atoms with Gasteiger partial charge in [-0.15, -0.1) is 0 Å². The first kappa shape index (κ1) is 33.0. The topological polar surface area (TPSA) is 59.2 Å². The summed E-state index contributed by atoms with van der Waals surface area (Å²) in [4.78, 5) is 0.474. The van der Waals surface area contributed by atoms with Gasteiger partial charge in [0, 0.05) is 9.79 Å². The van der Waals surface area contributed by atoms with E-state index in [1.165, 1.54) is 11.1 Å². The Bertz CT molecular complexity index is 1480. The normalized spacial score (nSPS) is 24.7. The van der Waals surface area contributed by atoms with Crippen molar-refractivity contribution in [1.82, 2.24) is 0 Å². The Balaban J connectivity index is 1.04. The standard InChI is InChI=1S/C40H46O4S2/c1-31-17-23-35(24-18-31)45(41)39(37(43-39)27-21-33-13-7-5-8-14-33)29-11-3-4-12-30-40(46(42)36-25-19-32(2)20-26-36)38(44-40)28-22-34-15-9-6-10-16-34/h5-10,13-20,23-26,37-38H,3-4,11-12,21-22,27-30H2,1-2H3. The van der Waals surface area contributed by atoms with Crippen LogP contribution in [0.3, 0.4) is 0 Å². The van der Waals surface area contributed by atoms with Crippen LogP contribution in [0.1, 0.15) is 73.6 Å². The first-order valence-electron chi connectivity index (χ1n) is 16.8. The molecule has 6 rings (SSSR count). The second-order valence-electron chi connectivity index (χ2n) is 13.0. The average Bonchev–Trinajstić information content (AvgIpc) is 4.00. The molecule has 2 saturated heterocycles. The molecular formula is C40H46O4S2. The molecule has 46 heavy (non-hydrogen) atoms. The van der Waals surface area contributed by atoms with E-state index in [2.05, 4.69) is 62.4 Å². The van der Waals surface area contributed by atoms with Crippen LogP contribution in [0.25, 0.3) is 0 Å². The fraction of sp³-hybridized carbons (Fsp3) is 0.400. The molecule has 2 heterocycles. The minimum atomic E-state index is -1.22. The van der Waals surface area contributed by atoms with Crippen LogP contribution in [0.4, 0.5) is 0 Å². The quantitative estimate of drug-likeness (QED) is 0.0842. The first-order chi connectivity index (χ1) is 22.4. The molecule has 0 aliphatic carbocycles. The van der Waals surface area contributed by atoms with E-state index in [1.807, 2.05) is 60.7 Å². The largest absolute Gasteiger partial charge is 0.351 e. The SMILES string of the molecule is Cc1ccc(S(=O)C2(CCCCCCC3(S(=O)c4ccc(C)cc4)OC3CCc3ccccc3)OC2CCc2ccccc2)cc1. The second kappa shape index (κ2) is 14.9. The van der Waals surface area contributed by atoms with Crippen molar-refractivity contribution in [1.29, 1.82) is 0 Å². The average molecular weight is 655 g/mol. The summed E-state index contributed by atoms with van der Waals surface area (Å²) in [5.41, 5.74) is 4.90. The van der Waals surface area contributed by atoms with E-state index < -0.39 is 31.5 Å². The summed E-state index contributed by atoms with van der Waals surface area (Å²) in [7, 11) is -2.45. The van der Waals surface area contributed by atoms with Crippen molar-refractivity contribution in [2.75, 3.05) is 0 Å². The number of hydrogen-bond acceptors (Lipinski definition) is 4. The van der Waals surface area contributed by atoms with Gasteiger partial charge in [0.25, 0.3) is 0 Å². The second-order valence-corrected chi connectivity index (χ2v) is 16.4. The molecule has 6 unspecified atom stereocenters. The lowest BCUT2D eigenvalue weighted by Gasteiger charge is -2.15. The van der Waals surface area contributed by atoms with Crippen LogP contribution in [0, 0.1) is 13.8 Å². The van der Waals surface area contributed by atoms with Gasteiger partial charge in [0.2, 0.25) is 0 Å². The molecule has 0 N–H and O–H groups in total. The minimum absolute atomic E-state index is 0.000259. The summed E-state index contributed by atoms with van der Waals surface area (Å²) in [6, 6.07) is 37.0. The number of unbranched alkanes of at least 4 members (excludes halogenated alkanes) is 3. The number of epoxide rings is 2. The molecule has 6 heteroatoms. The highest BCUT2D eigenvalue weighted by Crippen LogP contribution is 2.50. The number of aryl methyl sites for hydroxylation is 4. The summed E-state index contributed by atoms with van der Waals surface area (Å²) in [5.74, 6) is 0. The van der Waals surface area contributed by atoms with E-state index in [9.17, 15) is 8.42 Å². The number of ether oxygens (including phenoxy) is 2. The Morgan fingerprint density at radius 1 is 0.522 bits per heavy atom. The minimum Gasteiger partial charge on any atom is -0.351 e. The highest BCUT2D eigenvalue weighted by Gasteiger charge is 2.61. The fourth-order valence-electron chi connectivity index (χ4n) is 6.63. The molecule has 0 saturated carbocycles. The van der Waals surface area contributed by atoms with Crippen LogP contribution >= 0.6 is 0 Å². The van der Waals surface area contributed by atoms with Crippen molar-refractivity contribution in [3.63, 3.8) is 0 Å². The van der Waals surface area contributed by atoms with E-state index in [4.69, 9.17) is 9.47 Å². The van der Waals surface area contributed by atoms with E-state index in [-0.39, 0.29) is 12.2 Å². The Hall–Kier alpha value is -2.90. The van der Waals surface area contributed by atoms with Crippen molar-refractivity contribution in [3.05, 3.63) is 131 Å². The smallest absolute Gasteiger partial charge is 0.173 e. The molecule has 6 atom stereocenters. The van der Waals surface area contributed by atoms with Gasteiger partial charge >= 0.3 is 0 Å². The lowest BCUT2D eigenvalue weighted by molar-refractivity contribution is 0.324. The molecule has 0 radical (unpaired) electrons. The van der Waals surface area contributed by atoms with Gasteiger partial charge in [-0.1, -0.05) is 109 Å². The van der Waals surface area contributed by atoms with E-state index in [1.54, 1.807) is 0 Å². The zero-order valence-electron chi connectivity index (χ0n) is 27.1. The monoisotopic (exact) mass is 654 g/mol. The van der Waals surface area contributed by atoms with Crippen molar-refractivity contribution in [3.8, 4) is 0 Å². The van der Waals surface area contributed by atoms with Crippen molar-refractivity contribution in [2.45, 2.75) is 110 Å². The maximum absolute atomic E-state index is 13.9. The molecule has 4 aromatic carbocycles. The maximum atomic E-state index is 13.9. The zero-order chi connectivity index (χ0) is 32.0. The molecular weight excluding hydrogens is 609 g/mol. The summed E-state index contributed by atoms with van der Waals surface area (Å²) < 4.78 is 40.5. The maximum Gasteiger partial charge on any atom is 0.173 e. The molecule has 4 aromatic rings. The van der Waals surface area contributed by atoms with Crippen LogP contribution in [-0.4, -0.2) is 30.5 Å². The van der Waals surface area contributed by atoms with Gasteiger partial charge in [0.1, 0.15) is 12.2 Å². The Morgan fingerprint density at radius 2 is 0.891 bits per heavy atom. The van der Waals surface area contributed by atoms with Gasteiger partial charge in [-0.05, 0) is 101 Å². The summed E-state index contributed by atoms with van der Waals surface area (Å²) in [6.07, 6.45) is 9.08. The lowest BCUT2D eigenvalue weighted by atomic mass is 10.0. The summed E-state index contributed by atoms with van der Waals surface area (Å²) in [6.45, 7) is 4.11. The predicted molar refractivity (Wildman–Crippen MR) is 188 cm³/mol. The zero-order valence-corrected chi connectivity index (χ0v) is 28.7. The third kappa shape index (κ3) is 7.79. The number of rotatable bonds is 17. The van der Waals surface area contributed by atoms with Gasteiger partial charge in [-0.25, -0.2) is 0 Å². The van der Waals surface area contributed by atoms with Gasteiger partial charge < -0.3 is 9.47 Å². The third-order valence-corrected chi connectivity index (χ3v) is 13.3. The highest BCUT2D eigenvalue weighted by atomic mass is 32.2. The molecule has 242 valence electrons. The third-order valence-electron chi connectivity index (χ3n) is 9.52. The van der Waals surface area contributed by atoms with Crippen LogP contribution in [0.5, 0.6) is 0 Å². The van der Waals surface area contributed by atoms with Crippen molar-refractivity contribution >= 4 is 21.6 Å². The van der Waals surface area contributed by atoms with Crippen LogP contribution < -0.4 is 0 Å². The Labute approximate surface area is 279 Å². The predicted octanol–water partition coefficient (Wildman–Crippen LogP) is 9.02. The van der Waals surface area contributed by atoms with Gasteiger partial charge in [0.15, 0.2) is 9.87 Å². The van der Waals surface area contributed by atoms with Crippen molar-refractivity contribution in [2.24, 2.45) is 0 Å². The lowest BCUT2D eigenvalue weighted by Crippen LogP contribution is -2.23. The number of hydrogen-bond donors (Lipinski definition) is 0. The van der Waals surface area contributed by atoms with Gasteiger partial charge in [0.05, 0.1) is 21.6 Å². The molecule has 2 aliphatic rings. The molecule has 0 spiro atoms. The van der Waals surface area contributed by atoms with Crippen LogP contribution in [-0.2, 0) is 43.9 Å². The molecule has 0 aromatic heterocycles. The summed E-state index contributed by atoms with van der Waals surface area (Å²) in [5, 5.41) is 0. The van der Waals surface area contributed by atoms with E-state index >= 15 is 0 Å². The summed E-state index contributed by atoms with van der Waals surface area (Å²) >= 11 is 0. The molecule has 4 nitrogen and oxygen atoms in total. The Morgan fingerprint density at radius 3 is 1.26 bits per heavy atom. The van der Waals surface area contributed by atoms with Gasteiger partial charge in [-0.3, -0.25) is 8.42 Å².